The van der Waals surface area contributed by atoms with Gasteiger partial charge in [-0.15, -0.1) is 0 Å². The number of pyridine rings is 2. The van der Waals surface area contributed by atoms with Crippen LogP contribution in [-0.2, 0) is 18.8 Å². The van der Waals surface area contributed by atoms with Gasteiger partial charge in [-0.05, 0) is 49.7 Å². The van der Waals surface area contributed by atoms with Crippen LogP contribution in [-0.4, -0.2) is 24.6 Å². The lowest BCUT2D eigenvalue weighted by Gasteiger charge is -2.30. The quantitative estimate of drug-likeness (QED) is 0.251. The fraction of sp³-hybridized carbons (Fsp3) is 0.179. The molecule has 1 atom stereocenters. The van der Waals surface area contributed by atoms with E-state index in [-0.39, 0.29) is 22.2 Å². The highest BCUT2D eigenvalue weighted by Crippen LogP contribution is 2.47. The van der Waals surface area contributed by atoms with Crippen LogP contribution in [0.4, 0.5) is 13.2 Å². The van der Waals surface area contributed by atoms with Gasteiger partial charge in [0, 0.05) is 29.9 Å². The van der Waals surface area contributed by atoms with E-state index < -0.39 is 28.2 Å². The minimum Gasteiger partial charge on any atom is -0.453 e. The summed E-state index contributed by atoms with van der Waals surface area (Å²) in [6.45, 7) is 3.65. The van der Waals surface area contributed by atoms with E-state index in [0.29, 0.717) is 11.3 Å². The Morgan fingerprint density at radius 3 is 2.26 bits per heavy atom. The molecule has 2 aromatic carbocycles. The fourth-order valence-corrected chi connectivity index (χ4v) is 4.61. The minimum absolute atomic E-state index is 0.00304. The first-order valence-electron chi connectivity index (χ1n) is 11.6. The molecule has 0 saturated carbocycles. The molecule has 0 spiro atoms. The van der Waals surface area contributed by atoms with Gasteiger partial charge >= 0.3 is 6.18 Å². The van der Waals surface area contributed by atoms with E-state index in [1.807, 2.05) is 6.92 Å². The molecule has 0 aliphatic heterocycles. The van der Waals surface area contributed by atoms with Gasteiger partial charge in [0.15, 0.2) is 16.5 Å². The second-order valence-electron chi connectivity index (χ2n) is 9.04. The molecule has 1 unspecified atom stereocenters. The van der Waals surface area contributed by atoms with Crippen LogP contribution in [0.5, 0.6) is 11.5 Å². The number of ether oxygens (including phenoxy) is 1. The Balaban J connectivity index is 1.78. The monoisotopic (exact) mass is 538 g/mol. The summed E-state index contributed by atoms with van der Waals surface area (Å²) in [5, 5.41) is 11.5. The number of benzene rings is 2. The molecular formula is C28H22ClF3N4O2. The molecule has 194 valence electrons. The predicted molar refractivity (Wildman–Crippen MR) is 137 cm³/mol. The van der Waals surface area contributed by atoms with Crippen molar-refractivity contribution in [3.05, 3.63) is 112 Å². The normalized spacial score (nSPS) is 13.5. The van der Waals surface area contributed by atoms with E-state index in [9.17, 15) is 18.3 Å². The zero-order valence-corrected chi connectivity index (χ0v) is 21.3. The maximum atomic E-state index is 14.6. The van der Waals surface area contributed by atoms with Gasteiger partial charge in [0.1, 0.15) is 11.3 Å². The molecule has 0 aliphatic carbocycles. The topological polar surface area (TPSA) is 73.1 Å². The van der Waals surface area contributed by atoms with Crippen LogP contribution in [0, 0.1) is 13.8 Å². The SMILES string of the molecule is Cc1ccc(Oc2c(Cl)nc3ccc(C(O)(c4ccc(C)nc4)c4cncn4C)cc3c2C(F)(F)F)cc1. The first-order chi connectivity index (χ1) is 18.0. The van der Waals surface area contributed by atoms with Crippen molar-refractivity contribution in [3.63, 3.8) is 0 Å². The van der Waals surface area contributed by atoms with Crippen LogP contribution in [0.2, 0.25) is 5.15 Å². The molecule has 0 amide bonds. The van der Waals surface area contributed by atoms with E-state index >= 15 is 0 Å². The molecule has 38 heavy (non-hydrogen) atoms. The summed E-state index contributed by atoms with van der Waals surface area (Å²) < 4.78 is 51.1. The Morgan fingerprint density at radius 2 is 1.66 bits per heavy atom. The standard InChI is InChI=1S/C28H22ClF3N4O2/c1-16-4-9-20(10-5-16)38-25-24(28(30,31)32)21-12-18(8-11-22(21)35-26(25)29)27(37,23-14-33-15-36(23)3)19-7-6-17(2)34-13-19/h4-15,37H,1-3H3. The Labute approximate surface area is 221 Å². The number of aliphatic hydroxyl groups is 1. The third kappa shape index (κ3) is 4.48. The number of alkyl halides is 3. The number of aromatic nitrogens is 4. The first-order valence-corrected chi connectivity index (χ1v) is 11.9. The van der Waals surface area contributed by atoms with Crippen molar-refractivity contribution in [1.29, 1.82) is 0 Å². The van der Waals surface area contributed by atoms with E-state index in [1.165, 1.54) is 36.9 Å². The molecule has 5 rings (SSSR count). The summed E-state index contributed by atoms with van der Waals surface area (Å²) in [5.41, 5.74) is -0.472. The Hall–Kier alpha value is -3.95. The number of hydrogen-bond donors (Lipinski definition) is 1. The molecule has 3 heterocycles. The van der Waals surface area contributed by atoms with Gasteiger partial charge in [0.05, 0.1) is 23.7 Å². The average molecular weight is 539 g/mol. The Bertz CT molecular complexity index is 1630. The van der Waals surface area contributed by atoms with Crippen LogP contribution < -0.4 is 4.74 Å². The highest BCUT2D eigenvalue weighted by molar-refractivity contribution is 6.31. The van der Waals surface area contributed by atoms with Gasteiger partial charge < -0.3 is 14.4 Å². The maximum Gasteiger partial charge on any atom is 0.420 e. The largest absolute Gasteiger partial charge is 0.453 e. The van der Waals surface area contributed by atoms with Gasteiger partial charge in [-0.3, -0.25) is 4.98 Å². The highest BCUT2D eigenvalue weighted by Gasteiger charge is 2.41. The molecule has 0 radical (unpaired) electrons. The van der Waals surface area contributed by atoms with E-state index in [4.69, 9.17) is 16.3 Å². The van der Waals surface area contributed by atoms with Gasteiger partial charge in [0.2, 0.25) is 0 Å². The first kappa shape index (κ1) is 25.7. The van der Waals surface area contributed by atoms with E-state index in [0.717, 1.165) is 11.3 Å². The molecule has 0 aliphatic rings. The molecule has 3 aromatic heterocycles. The van der Waals surface area contributed by atoms with Crippen molar-refractivity contribution in [2.75, 3.05) is 0 Å². The van der Waals surface area contributed by atoms with Gasteiger partial charge in [0.25, 0.3) is 0 Å². The van der Waals surface area contributed by atoms with Crippen LogP contribution >= 0.6 is 11.6 Å². The Morgan fingerprint density at radius 1 is 0.947 bits per heavy atom. The molecular weight excluding hydrogens is 517 g/mol. The van der Waals surface area contributed by atoms with E-state index in [2.05, 4.69) is 15.0 Å². The van der Waals surface area contributed by atoms with Crippen molar-refractivity contribution >= 4 is 22.5 Å². The van der Waals surface area contributed by atoms with Gasteiger partial charge in [-0.1, -0.05) is 41.4 Å². The third-order valence-electron chi connectivity index (χ3n) is 6.36. The molecule has 0 bridgehead atoms. The second-order valence-corrected chi connectivity index (χ2v) is 9.40. The zero-order chi connectivity index (χ0) is 27.2. The summed E-state index contributed by atoms with van der Waals surface area (Å²) in [7, 11) is 1.69. The molecule has 1 N–H and O–H groups in total. The summed E-state index contributed by atoms with van der Waals surface area (Å²) in [6.07, 6.45) is -0.400. The number of hydrogen-bond acceptors (Lipinski definition) is 5. The smallest absolute Gasteiger partial charge is 0.420 e. The predicted octanol–water partition coefficient (Wildman–Crippen LogP) is 6.73. The number of nitrogens with zero attached hydrogens (tertiary/aromatic N) is 4. The molecule has 0 saturated heterocycles. The van der Waals surface area contributed by atoms with Crippen LogP contribution in [0.25, 0.3) is 10.9 Å². The molecule has 5 aromatic rings. The summed E-state index contributed by atoms with van der Waals surface area (Å²) in [5.74, 6) is -0.439. The highest BCUT2D eigenvalue weighted by atomic mass is 35.5. The second kappa shape index (κ2) is 9.41. The van der Waals surface area contributed by atoms with Crippen molar-refractivity contribution in [1.82, 2.24) is 19.5 Å². The van der Waals surface area contributed by atoms with Crippen LogP contribution in [0.3, 0.4) is 0 Å². The van der Waals surface area contributed by atoms with Crippen molar-refractivity contribution in [2.24, 2.45) is 7.05 Å². The van der Waals surface area contributed by atoms with Gasteiger partial charge in [-0.2, -0.15) is 13.2 Å². The summed E-state index contributed by atoms with van der Waals surface area (Å²) in [4.78, 5) is 12.6. The summed E-state index contributed by atoms with van der Waals surface area (Å²) >= 11 is 6.23. The fourth-order valence-electron chi connectivity index (χ4n) is 4.39. The lowest BCUT2D eigenvalue weighted by atomic mass is 9.83. The number of aryl methyl sites for hydroxylation is 3. The van der Waals surface area contributed by atoms with Crippen LogP contribution in [0.15, 0.2) is 73.3 Å². The molecule has 0 fully saturated rings. The number of halogens is 4. The lowest BCUT2D eigenvalue weighted by molar-refractivity contribution is -0.137. The van der Waals surface area contributed by atoms with Crippen molar-refractivity contribution in [2.45, 2.75) is 25.6 Å². The maximum absolute atomic E-state index is 14.6. The molecule has 10 heteroatoms. The average Bonchev–Trinajstić information content (AvgIpc) is 3.31. The molecule has 6 nitrogen and oxygen atoms in total. The van der Waals surface area contributed by atoms with Gasteiger partial charge in [-0.25, -0.2) is 9.97 Å². The van der Waals surface area contributed by atoms with E-state index in [1.54, 1.807) is 54.9 Å². The van der Waals surface area contributed by atoms with Crippen molar-refractivity contribution < 1.29 is 23.0 Å². The number of imidazole rings is 1. The zero-order valence-electron chi connectivity index (χ0n) is 20.6. The number of rotatable bonds is 5. The van der Waals surface area contributed by atoms with Crippen molar-refractivity contribution in [3.8, 4) is 11.5 Å². The number of fused-ring (bicyclic) bond motifs is 1. The third-order valence-corrected chi connectivity index (χ3v) is 6.61. The summed E-state index contributed by atoms with van der Waals surface area (Å²) in [6, 6.07) is 14.1. The van der Waals surface area contributed by atoms with Crippen LogP contribution in [0.1, 0.15) is 33.6 Å². The lowest BCUT2D eigenvalue weighted by Crippen LogP contribution is -2.31. The Kier molecular flexibility index (Phi) is 6.36. The minimum atomic E-state index is -4.85.